The SMILES string of the molecule is [CH2-]c1c(C[C-]=O)nc(C(C)C)nc1C(C)C.[CH2-]c1nc(C(C)C)nc(C(C)C)c1C[C-]=O.[Y].[Y]. The summed E-state index contributed by atoms with van der Waals surface area (Å²) in [6.45, 7) is 24.3. The van der Waals surface area contributed by atoms with Crippen LogP contribution in [0.2, 0.25) is 0 Å². The Bertz CT molecular complexity index is 930. The van der Waals surface area contributed by atoms with Crippen LogP contribution in [-0.2, 0) is 87.8 Å². The summed E-state index contributed by atoms with van der Waals surface area (Å²) in [7, 11) is 0. The Kier molecular flexibility index (Phi) is 17.8. The average Bonchev–Trinajstić information content (AvgIpc) is 2.70. The zero-order chi connectivity index (χ0) is 24.6. The molecule has 0 amide bonds. The second-order valence-corrected chi connectivity index (χ2v) is 9.05. The first-order chi connectivity index (χ1) is 14.9. The maximum Gasteiger partial charge on any atom is 0.126 e. The molecule has 2 rings (SSSR count). The van der Waals surface area contributed by atoms with Crippen molar-refractivity contribution in [3.05, 3.63) is 59.4 Å². The molecule has 0 aliphatic carbocycles. The van der Waals surface area contributed by atoms with Crippen LogP contribution in [0.3, 0.4) is 0 Å². The van der Waals surface area contributed by atoms with Crippen LogP contribution in [0.4, 0.5) is 0 Å². The van der Waals surface area contributed by atoms with Gasteiger partial charge in [0.25, 0.3) is 0 Å². The van der Waals surface area contributed by atoms with Crippen molar-refractivity contribution in [3.63, 3.8) is 0 Å². The van der Waals surface area contributed by atoms with Gasteiger partial charge in [-0.15, -0.1) is 0 Å². The van der Waals surface area contributed by atoms with Crippen molar-refractivity contribution >= 4 is 12.6 Å². The molecule has 0 unspecified atom stereocenters. The first kappa shape index (κ1) is 35.6. The van der Waals surface area contributed by atoms with Crippen LogP contribution in [0.15, 0.2) is 0 Å². The van der Waals surface area contributed by atoms with E-state index in [1.165, 1.54) is 0 Å². The Balaban J connectivity index is 0. The van der Waals surface area contributed by atoms with E-state index in [-0.39, 0.29) is 96.0 Å². The van der Waals surface area contributed by atoms with E-state index in [4.69, 9.17) is 0 Å². The van der Waals surface area contributed by atoms with E-state index in [0.717, 1.165) is 34.2 Å². The van der Waals surface area contributed by atoms with Gasteiger partial charge in [0.15, 0.2) is 0 Å². The fraction of sp³-hybridized carbons (Fsp3) is 0.538. The third-order valence-electron chi connectivity index (χ3n) is 4.90. The van der Waals surface area contributed by atoms with E-state index >= 15 is 0 Å². The zero-order valence-corrected chi connectivity index (χ0v) is 27.6. The molecule has 0 atom stereocenters. The van der Waals surface area contributed by atoms with Gasteiger partial charge in [-0.1, -0.05) is 78.4 Å². The topological polar surface area (TPSA) is 85.7 Å². The molecule has 0 N–H and O–H groups in total. The molecule has 0 saturated heterocycles. The van der Waals surface area contributed by atoms with Crippen molar-refractivity contribution in [3.8, 4) is 0 Å². The molecule has 0 fully saturated rings. The Morgan fingerprint density at radius 2 is 1.09 bits per heavy atom. The van der Waals surface area contributed by atoms with Crippen molar-refractivity contribution in [2.24, 2.45) is 0 Å². The Labute approximate surface area is 256 Å². The third-order valence-corrected chi connectivity index (χ3v) is 4.90. The summed E-state index contributed by atoms with van der Waals surface area (Å²) in [5, 5.41) is 0. The normalized spacial score (nSPS) is 10.5. The summed E-state index contributed by atoms with van der Waals surface area (Å²) in [6, 6.07) is 0. The molecule has 2 aromatic heterocycles. The van der Waals surface area contributed by atoms with Crippen molar-refractivity contribution in [1.29, 1.82) is 0 Å². The van der Waals surface area contributed by atoms with Crippen molar-refractivity contribution in [2.45, 2.75) is 91.9 Å². The van der Waals surface area contributed by atoms with Gasteiger partial charge in [0.05, 0.1) is 0 Å². The Hall–Kier alpha value is -0.552. The second kappa shape index (κ2) is 17.0. The van der Waals surface area contributed by atoms with Crippen molar-refractivity contribution < 1.29 is 75.0 Å². The summed E-state index contributed by atoms with van der Waals surface area (Å²) in [5.41, 5.74) is 4.83. The summed E-state index contributed by atoms with van der Waals surface area (Å²) in [5.74, 6) is 2.66. The molecule has 0 bridgehead atoms. The van der Waals surface area contributed by atoms with E-state index in [0.29, 0.717) is 17.3 Å². The molecule has 8 heteroatoms. The minimum absolute atomic E-state index is 0. The molecule has 0 spiro atoms. The Morgan fingerprint density at radius 3 is 1.50 bits per heavy atom. The first-order valence-electron chi connectivity index (χ1n) is 11.1. The molecule has 2 radical (unpaired) electrons. The van der Waals surface area contributed by atoms with Gasteiger partial charge in [0.1, 0.15) is 11.6 Å². The first-order valence-corrected chi connectivity index (χ1v) is 11.1. The van der Waals surface area contributed by atoms with Gasteiger partial charge >= 0.3 is 0 Å². The Morgan fingerprint density at radius 1 is 0.647 bits per heavy atom. The summed E-state index contributed by atoms with van der Waals surface area (Å²) in [4.78, 5) is 38.7. The fourth-order valence-electron chi connectivity index (χ4n) is 3.09. The number of carbonyl (C=O) groups excluding carboxylic acids is 2. The van der Waals surface area contributed by atoms with Gasteiger partial charge in [-0.2, -0.15) is 30.9 Å². The van der Waals surface area contributed by atoms with E-state index < -0.39 is 0 Å². The van der Waals surface area contributed by atoms with E-state index in [1.807, 2.05) is 40.3 Å². The zero-order valence-electron chi connectivity index (χ0n) is 21.9. The maximum atomic E-state index is 10.5. The van der Waals surface area contributed by atoms with Gasteiger partial charge < -0.3 is 19.6 Å². The van der Waals surface area contributed by atoms with Crippen LogP contribution in [0.5, 0.6) is 0 Å². The number of nitrogens with zero attached hydrogens (tertiary/aromatic N) is 4. The molecule has 2 aromatic rings. The van der Waals surface area contributed by atoms with Crippen LogP contribution in [0.1, 0.15) is 125 Å². The second-order valence-electron chi connectivity index (χ2n) is 9.05. The molecule has 34 heavy (non-hydrogen) atoms. The molecule has 0 aliphatic heterocycles. The number of hydrogen-bond acceptors (Lipinski definition) is 6. The van der Waals surface area contributed by atoms with Crippen LogP contribution in [0.25, 0.3) is 0 Å². The predicted octanol–water partition coefficient (Wildman–Crippen LogP) is 5.11. The number of aromatic nitrogens is 4. The van der Waals surface area contributed by atoms with Crippen LogP contribution in [-0.4, -0.2) is 32.5 Å². The van der Waals surface area contributed by atoms with Gasteiger partial charge in [-0.25, -0.2) is 6.92 Å². The molecule has 0 saturated carbocycles. The minimum Gasteiger partial charge on any atom is -0.543 e. The van der Waals surface area contributed by atoms with Gasteiger partial charge in [-0.05, 0) is 11.6 Å². The minimum atomic E-state index is 0. The molecular formula is C26H36N4O2Y2-4. The molecule has 0 aliphatic rings. The number of hydrogen-bond donors (Lipinski definition) is 0. The summed E-state index contributed by atoms with van der Waals surface area (Å²) >= 11 is 0. The van der Waals surface area contributed by atoms with Gasteiger partial charge in [0, 0.05) is 77.3 Å². The van der Waals surface area contributed by atoms with Crippen molar-refractivity contribution in [1.82, 2.24) is 19.9 Å². The molecule has 0 aromatic carbocycles. The quantitative estimate of drug-likeness (QED) is 0.385. The van der Waals surface area contributed by atoms with Gasteiger partial charge in [0.2, 0.25) is 0 Å². The molecule has 182 valence electrons. The predicted molar refractivity (Wildman–Crippen MR) is 128 cm³/mol. The number of rotatable bonds is 8. The molecule has 2 heterocycles. The largest absolute Gasteiger partial charge is 0.543 e. The van der Waals surface area contributed by atoms with Crippen LogP contribution >= 0.6 is 0 Å². The van der Waals surface area contributed by atoms with E-state index in [9.17, 15) is 9.59 Å². The van der Waals surface area contributed by atoms with Crippen LogP contribution < -0.4 is 0 Å². The monoisotopic (exact) mass is 614 g/mol. The summed E-state index contributed by atoms with van der Waals surface area (Å²) < 4.78 is 0. The average molecular weight is 614 g/mol. The van der Waals surface area contributed by atoms with Gasteiger partial charge in [-0.3, -0.25) is 22.5 Å². The van der Waals surface area contributed by atoms with E-state index in [2.05, 4.69) is 61.5 Å². The molecular weight excluding hydrogens is 578 g/mol. The maximum absolute atomic E-state index is 10.5. The fourth-order valence-corrected chi connectivity index (χ4v) is 3.09. The van der Waals surface area contributed by atoms with E-state index in [1.54, 1.807) is 0 Å². The standard InChI is InChI=1S/2C13H18N2O.2Y/c1-8(2)12-11(6-7-16)10(5)14-13(15-12)9(3)4;1-8(2)12-10(5)11(6-7-16)14-13(15-12)9(3)4;;/h2*8-9H,5-6H2,1-4H3;;/q2*-2;;. The smallest absolute Gasteiger partial charge is 0.126 e. The summed E-state index contributed by atoms with van der Waals surface area (Å²) in [6.07, 6.45) is 4.20. The van der Waals surface area contributed by atoms with Crippen molar-refractivity contribution in [2.75, 3.05) is 0 Å². The molecule has 6 nitrogen and oxygen atoms in total. The third kappa shape index (κ3) is 10.2. The van der Waals surface area contributed by atoms with Crippen LogP contribution in [0, 0.1) is 13.8 Å².